The average Bonchev–Trinajstić information content (AvgIpc) is 3.24. The van der Waals surface area contributed by atoms with Crippen LogP contribution in [0.25, 0.3) is 0 Å². The molecule has 2 amide bonds. The lowest BCUT2D eigenvalue weighted by molar-refractivity contribution is -0.137. The van der Waals surface area contributed by atoms with Crippen molar-refractivity contribution in [3.63, 3.8) is 0 Å². The highest BCUT2D eigenvalue weighted by Gasteiger charge is 2.19. The van der Waals surface area contributed by atoms with E-state index in [-0.39, 0.29) is 30.1 Å². The van der Waals surface area contributed by atoms with Crippen LogP contribution in [0.4, 0.5) is 5.69 Å². The van der Waals surface area contributed by atoms with Gasteiger partial charge < -0.3 is 15.7 Å². The molecule has 10 nitrogen and oxygen atoms in total. The standard InChI is InChI=1S/C16H22N6O4/c1-3-6-17-16(26)14-12(10-21(4-2)20-14)19-15(25)11-8-18-22(9-11)7-5-13(23)24/h8-10H,3-7H2,1-2H3,(H,17,26)(H,19,25)(H,23,24). The summed E-state index contributed by atoms with van der Waals surface area (Å²) in [5.74, 6) is -1.75. The van der Waals surface area contributed by atoms with Crippen molar-refractivity contribution < 1.29 is 19.5 Å². The number of nitrogens with one attached hydrogen (secondary N) is 2. The molecule has 0 spiro atoms. The van der Waals surface area contributed by atoms with Crippen LogP contribution in [0.5, 0.6) is 0 Å². The van der Waals surface area contributed by atoms with E-state index in [0.29, 0.717) is 18.8 Å². The highest BCUT2D eigenvalue weighted by molar-refractivity contribution is 6.08. The zero-order valence-corrected chi connectivity index (χ0v) is 14.7. The Hall–Kier alpha value is -3.17. The van der Waals surface area contributed by atoms with Crippen LogP contribution in [0.3, 0.4) is 0 Å². The maximum atomic E-state index is 12.4. The molecule has 26 heavy (non-hydrogen) atoms. The number of aromatic nitrogens is 4. The fraction of sp³-hybridized carbons (Fsp3) is 0.438. The van der Waals surface area contributed by atoms with Gasteiger partial charge in [0, 0.05) is 25.5 Å². The Kier molecular flexibility index (Phi) is 6.48. The highest BCUT2D eigenvalue weighted by Crippen LogP contribution is 2.15. The minimum Gasteiger partial charge on any atom is -0.481 e. The Morgan fingerprint density at radius 2 is 1.92 bits per heavy atom. The maximum absolute atomic E-state index is 12.4. The predicted molar refractivity (Wildman–Crippen MR) is 93.0 cm³/mol. The van der Waals surface area contributed by atoms with Gasteiger partial charge in [-0.1, -0.05) is 6.92 Å². The molecule has 0 aromatic carbocycles. The first kappa shape index (κ1) is 19.2. The summed E-state index contributed by atoms with van der Waals surface area (Å²) in [6.07, 6.45) is 5.09. The summed E-state index contributed by atoms with van der Waals surface area (Å²) < 4.78 is 2.94. The summed E-state index contributed by atoms with van der Waals surface area (Å²) >= 11 is 0. The third kappa shape index (κ3) is 4.91. The number of carbonyl (C=O) groups is 3. The monoisotopic (exact) mass is 362 g/mol. The second-order valence-corrected chi connectivity index (χ2v) is 5.59. The van der Waals surface area contributed by atoms with Gasteiger partial charge in [-0.25, -0.2) is 0 Å². The number of hydrogen-bond acceptors (Lipinski definition) is 5. The molecule has 10 heteroatoms. The summed E-state index contributed by atoms with van der Waals surface area (Å²) in [6, 6.07) is 0. The van der Waals surface area contributed by atoms with Gasteiger partial charge in [-0.15, -0.1) is 0 Å². The molecule has 0 atom stereocenters. The van der Waals surface area contributed by atoms with Crippen molar-refractivity contribution in [2.24, 2.45) is 0 Å². The topological polar surface area (TPSA) is 131 Å². The van der Waals surface area contributed by atoms with E-state index in [4.69, 9.17) is 5.11 Å². The zero-order chi connectivity index (χ0) is 19.1. The third-order valence-corrected chi connectivity index (χ3v) is 3.53. The SMILES string of the molecule is CCCNC(=O)c1nn(CC)cc1NC(=O)c1cnn(CCC(=O)O)c1. The minimum atomic E-state index is -0.943. The number of nitrogens with zero attached hydrogens (tertiary/aromatic N) is 4. The number of rotatable bonds is 9. The van der Waals surface area contributed by atoms with Gasteiger partial charge in [-0.3, -0.25) is 23.7 Å². The number of carboxylic acid groups (broad SMARTS) is 1. The highest BCUT2D eigenvalue weighted by atomic mass is 16.4. The molecule has 0 saturated heterocycles. The third-order valence-electron chi connectivity index (χ3n) is 3.53. The van der Waals surface area contributed by atoms with E-state index in [2.05, 4.69) is 20.8 Å². The number of amides is 2. The van der Waals surface area contributed by atoms with Crippen LogP contribution < -0.4 is 10.6 Å². The fourth-order valence-electron chi connectivity index (χ4n) is 2.17. The van der Waals surface area contributed by atoms with Gasteiger partial charge in [0.1, 0.15) is 0 Å². The second-order valence-electron chi connectivity index (χ2n) is 5.59. The van der Waals surface area contributed by atoms with E-state index in [1.165, 1.54) is 17.1 Å². The van der Waals surface area contributed by atoms with Gasteiger partial charge in [-0.05, 0) is 13.3 Å². The lowest BCUT2D eigenvalue weighted by Gasteiger charge is -2.04. The van der Waals surface area contributed by atoms with Crippen molar-refractivity contribution >= 4 is 23.5 Å². The molecule has 0 bridgehead atoms. The van der Waals surface area contributed by atoms with Gasteiger partial charge in [0.25, 0.3) is 11.8 Å². The molecular weight excluding hydrogens is 340 g/mol. The Morgan fingerprint density at radius 1 is 1.15 bits per heavy atom. The molecule has 0 radical (unpaired) electrons. The smallest absolute Gasteiger partial charge is 0.305 e. The fourth-order valence-corrected chi connectivity index (χ4v) is 2.17. The molecule has 2 aromatic rings. The number of hydrogen-bond donors (Lipinski definition) is 3. The Morgan fingerprint density at radius 3 is 2.58 bits per heavy atom. The van der Waals surface area contributed by atoms with Crippen molar-refractivity contribution in [2.75, 3.05) is 11.9 Å². The number of carbonyl (C=O) groups excluding carboxylic acids is 2. The molecule has 3 N–H and O–H groups in total. The molecule has 0 unspecified atom stereocenters. The second kappa shape index (κ2) is 8.79. The molecule has 2 heterocycles. The summed E-state index contributed by atoms with van der Waals surface area (Å²) in [6.45, 7) is 5.05. The first-order valence-corrected chi connectivity index (χ1v) is 8.35. The Balaban J connectivity index is 2.11. The van der Waals surface area contributed by atoms with E-state index in [1.807, 2.05) is 13.8 Å². The van der Waals surface area contributed by atoms with Crippen LogP contribution in [-0.4, -0.2) is 49.0 Å². The Bertz CT molecular complexity index is 795. The quantitative estimate of drug-likeness (QED) is 0.609. The largest absolute Gasteiger partial charge is 0.481 e. The molecular formula is C16H22N6O4. The van der Waals surface area contributed by atoms with Crippen molar-refractivity contribution in [2.45, 2.75) is 39.8 Å². The van der Waals surface area contributed by atoms with Crippen LogP contribution in [0.1, 0.15) is 47.5 Å². The van der Waals surface area contributed by atoms with Crippen molar-refractivity contribution in [3.05, 3.63) is 29.8 Å². The molecule has 2 rings (SSSR count). The van der Waals surface area contributed by atoms with Crippen LogP contribution in [0.15, 0.2) is 18.6 Å². The normalized spacial score (nSPS) is 10.5. The van der Waals surface area contributed by atoms with Crippen LogP contribution in [0.2, 0.25) is 0 Å². The van der Waals surface area contributed by atoms with E-state index < -0.39 is 11.9 Å². The van der Waals surface area contributed by atoms with Crippen LogP contribution in [-0.2, 0) is 17.9 Å². The van der Waals surface area contributed by atoms with Crippen LogP contribution in [0, 0.1) is 0 Å². The average molecular weight is 362 g/mol. The molecule has 0 aliphatic heterocycles. The number of carboxylic acids is 1. The molecule has 2 aromatic heterocycles. The van der Waals surface area contributed by atoms with Gasteiger partial charge in [0.05, 0.1) is 30.4 Å². The van der Waals surface area contributed by atoms with E-state index in [1.54, 1.807) is 10.9 Å². The van der Waals surface area contributed by atoms with Crippen LogP contribution >= 0.6 is 0 Å². The molecule has 0 fully saturated rings. The van der Waals surface area contributed by atoms with E-state index in [0.717, 1.165) is 6.42 Å². The first-order chi connectivity index (χ1) is 12.4. The maximum Gasteiger partial charge on any atom is 0.305 e. The summed E-state index contributed by atoms with van der Waals surface area (Å²) in [4.78, 5) is 35.2. The van der Waals surface area contributed by atoms with Crippen molar-refractivity contribution in [1.82, 2.24) is 24.9 Å². The van der Waals surface area contributed by atoms with Gasteiger partial charge in [0.15, 0.2) is 5.69 Å². The molecule has 140 valence electrons. The van der Waals surface area contributed by atoms with Gasteiger partial charge in [0.2, 0.25) is 0 Å². The summed E-state index contributed by atoms with van der Waals surface area (Å²) in [5, 5.41) is 22.2. The molecule has 0 saturated carbocycles. The predicted octanol–water partition coefficient (Wildman–Crippen LogP) is 0.966. The zero-order valence-electron chi connectivity index (χ0n) is 14.7. The molecule has 0 aliphatic carbocycles. The van der Waals surface area contributed by atoms with Gasteiger partial charge >= 0.3 is 5.97 Å². The van der Waals surface area contributed by atoms with Crippen molar-refractivity contribution in [1.29, 1.82) is 0 Å². The summed E-state index contributed by atoms with van der Waals surface area (Å²) in [5.41, 5.74) is 0.718. The Labute approximate surface area is 150 Å². The number of anilines is 1. The lowest BCUT2D eigenvalue weighted by atomic mass is 10.3. The van der Waals surface area contributed by atoms with Gasteiger partial charge in [-0.2, -0.15) is 10.2 Å². The molecule has 0 aliphatic rings. The lowest BCUT2D eigenvalue weighted by Crippen LogP contribution is -2.26. The minimum absolute atomic E-state index is 0.0895. The number of aliphatic carboxylic acids is 1. The van der Waals surface area contributed by atoms with E-state index >= 15 is 0 Å². The van der Waals surface area contributed by atoms with Crippen molar-refractivity contribution in [3.8, 4) is 0 Å². The number of aryl methyl sites for hydroxylation is 2. The first-order valence-electron chi connectivity index (χ1n) is 8.35. The summed E-state index contributed by atoms with van der Waals surface area (Å²) in [7, 11) is 0. The van der Waals surface area contributed by atoms with E-state index in [9.17, 15) is 14.4 Å².